The summed E-state index contributed by atoms with van der Waals surface area (Å²) < 4.78 is 54.8. The second kappa shape index (κ2) is 55.6. The zero-order valence-corrected chi connectivity index (χ0v) is 82.4. The zero-order chi connectivity index (χ0) is 80.4. The molecule has 4 rings (SSSR count). The summed E-state index contributed by atoms with van der Waals surface area (Å²) in [6.07, 6.45) is 18.2. The van der Waals surface area contributed by atoms with Crippen molar-refractivity contribution < 1.29 is 111 Å². The Morgan fingerprint density at radius 1 is 0.312 bits per heavy atom. The maximum atomic E-state index is 13.1. The van der Waals surface area contributed by atoms with E-state index in [0.29, 0.717) is 77.8 Å². The average molecular weight is 2070 g/mol. The number of hydrogen-bond acceptors (Lipinski definition) is 12. The molecule has 12 nitrogen and oxygen atoms in total. The molecule has 4 aromatic rings. The van der Waals surface area contributed by atoms with E-state index in [2.05, 4.69) is 26.2 Å². The molecule has 0 saturated heterocycles. The van der Waals surface area contributed by atoms with E-state index in [4.69, 9.17) is 115 Å². The molecule has 27 heteroatoms. The van der Waals surface area contributed by atoms with Crippen LogP contribution in [-0.4, -0.2) is 117 Å². The number of halogens is 8. The van der Waals surface area contributed by atoms with Crippen molar-refractivity contribution in [3.05, 3.63) is 117 Å². The summed E-state index contributed by atoms with van der Waals surface area (Å²) in [7, 11) is 45.1. The molecule has 4 aromatic carbocycles. The summed E-state index contributed by atoms with van der Waals surface area (Å²) >= 11 is -8.40. The number of carbonyl (C=O) groups is 4. The molecule has 0 bridgehead atoms. The number of esters is 4. The van der Waals surface area contributed by atoms with E-state index in [0.717, 1.165) is 144 Å². The Morgan fingerprint density at radius 2 is 0.532 bits per heavy atom. The SMILES string of the molecule is CC(C)Oc1ccc(CCC(=O)OCCCCCCC[Si](CCCCCCCOC(=O)CCc2ccc(OC(C)C)c([CH]=[Ru]([Cl])[Cl])c2)(CCC[Si](C)(C)CCCOC(=O)CCc2ccc(OC(C)C)c([CH]=[Ru]([Cl])[Cl])c2)CCC[Si](C)(C)CCCOC(=O)CCc2ccc(OC(C)C)c([CH]=[Ru]([Cl])[Cl])c2)cc1[CH]=[Ru]([Cl])[Cl]. The Morgan fingerprint density at radius 3 is 0.780 bits per heavy atom. The number of aryl methyl sites for hydroxylation is 4. The molecule has 0 spiro atoms. The summed E-state index contributed by atoms with van der Waals surface area (Å²) in [6.45, 7) is 27.6. The van der Waals surface area contributed by atoms with E-state index in [1.807, 2.05) is 147 Å². The molecule has 109 heavy (non-hydrogen) atoms. The molecular weight excluding hydrogens is 1950 g/mol. The third kappa shape index (κ3) is 46.6. The molecular formula is C82H124Cl8O12Ru4Si3. The topological polar surface area (TPSA) is 142 Å². The van der Waals surface area contributed by atoms with Gasteiger partial charge in [0.25, 0.3) is 0 Å². The Hall–Kier alpha value is -1.10. The van der Waals surface area contributed by atoms with Gasteiger partial charge >= 0.3 is 608 Å². The predicted molar refractivity (Wildman–Crippen MR) is 457 cm³/mol. The molecule has 0 aliphatic rings. The van der Waals surface area contributed by atoms with Gasteiger partial charge in [-0.15, -0.1) is 0 Å². The van der Waals surface area contributed by atoms with Crippen LogP contribution in [0.1, 0.15) is 215 Å². The third-order valence-electron chi connectivity index (χ3n) is 18.8. The summed E-state index contributed by atoms with van der Waals surface area (Å²) in [5.41, 5.74) is 7.51. The first-order valence-corrected chi connectivity index (χ1v) is 70.4. The summed E-state index contributed by atoms with van der Waals surface area (Å²) in [5.74, 6) is 2.20. The molecule has 0 unspecified atom stereocenters. The quantitative estimate of drug-likeness (QED) is 0.0180. The first-order chi connectivity index (χ1) is 51.7. The number of benzene rings is 4. The number of rotatable bonds is 56. The van der Waals surface area contributed by atoms with Gasteiger partial charge in [-0.25, -0.2) is 0 Å². The summed E-state index contributed by atoms with van der Waals surface area (Å²) in [4.78, 5) is 52.3. The fourth-order valence-electron chi connectivity index (χ4n) is 13.4. The molecule has 0 heterocycles. The van der Waals surface area contributed by atoms with E-state index < -0.39 is 78.3 Å². The van der Waals surface area contributed by atoms with Crippen molar-refractivity contribution in [1.29, 1.82) is 0 Å². The average Bonchev–Trinajstić information content (AvgIpc) is 0.879. The van der Waals surface area contributed by atoms with Gasteiger partial charge in [0.15, 0.2) is 0 Å². The monoisotopic (exact) mass is 2070 g/mol. The summed E-state index contributed by atoms with van der Waals surface area (Å²) in [6, 6.07) is 33.7. The van der Waals surface area contributed by atoms with Crippen LogP contribution in [0, 0.1) is 0 Å². The van der Waals surface area contributed by atoms with Gasteiger partial charge in [0.05, 0.1) is 8.07 Å². The molecule has 0 fully saturated rings. The fraction of sp³-hybridized carbons (Fsp3) is 0.610. The molecule has 0 aliphatic carbocycles. The number of unbranched alkanes of at least 4 members (excludes halogenated alkanes) is 8. The molecule has 0 atom stereocenters. The standard InChI is InChI=1S/C82H124O12Si3.8ClH.4Ru/c1-63(2)91-75-39-31-71(59-67(75)9)35-43-79(83)87-47-23-19-17-21-25-55-97(56-26-22-18-20-24-48-88-80(84)44-36-72-32-40-76(68(10)60-72)92-64(3)4,57-29-53-95(13,14)51-27-49-89-81(85)45-37-73-33-41-77(69(11)61-73)93-65(5)6)58-30-54-96(15,16)52-28-50-90-82(86)46-38-74-34-42-78(70(12)62-74)94-66(7)8;;;;;;;;;;;;/h9-12,31-34,39-42,59-66H,17-30,35-38,43-58H2,1-8,13-16H3;8*1H;;;;/q;;;;;;;;;4*+2/p-8. The molecule has 0 radical (unpaired) electrons. The Kier molecular flexibility index (Phi) is 51.1. The molecule has 0 amide bonds. The van der Waals surface area contributed by atoms with Gasteiger partial charge in [-0.05, 0) is 0 Å². The van der Waals surface area contributed by atoms with Crippen LogP contribution in [0.4, 0.5) is 0 Å². The number of hydrogen-bond donors (Lipinski definition) is 0. The van der Waals surface area contributed by atoms with Crippen molar-refractivity contribution >= 4 is 144 Å². The van der Waals surface area contributed by atoms with Crippen LogP contribution in [0.15, 0.2) is 72.8 Å². The molecule has 0 N–H and O–H groups in total. The predicted octanol–water partition coefficient (Wildman–Crippen LogP) is 24.5. The van der Waals surface area contributed by atoms with Crippen molar-refractivity contribution in [2.75, 3.05) is 26.4 Å². The van der Waals surface area contributed by atoms with Crippen LogP contribution in [0.3, 0.4) is 0 Å². The van der Waals surface area contributed by atoms with Gasteiger partial charge in [-0.1, -0.05) is 101 Å². The minimum absolute atomic E-state index is 0.00349. The van der Waals surface area contributed by atoms with Gasteiger partial charge < -0.3 is 0 Å². The number of carbonyl (C=O) groups excluding carboxylic acids is 4. The Bertz CT molecular complexity index is 3320. The van der Waals surface area contributed by atoms with Crippen molar-refractivity contribution in [2.45, 2.75) is 296 Å². The van der Waals surface area contributed by atoms with Crippen molar-refractivity contribution in [1.82, 2.24) is 0 Å². The second-order valence-electron chi connectivity index (χ2n) is 31.0. The fourth-order valence-corrected chi connectivity index (χ4v) is 31.5. The van der Waals surface area contributed by atoms with Crippen molar-refractivity contribution in [3.8, 4) is 23.0 Å². The van der Waals surface area contributed by atoms with Crippen LogP contribution in [0.2, 0.25) is 74.5 Å². The second-order valence-corrected chi connectivity index (χ2v) is 69.6. The van der Waals surface area contributed by atoms with E-state index in [1.54, 1.807) is 0 Å². The van der Waals surface area contributed by atoms with Crippen LogP contribution in [-0.2, 0) is 118 Å². The minimum atomic E-state index is -2.10. The first-order valence-electron chi connectivity index (χ1n) is 38.8. The van der Waals surface area contributed by atoms with Crippen molar-refractivity contribution in [3.63, 3.8) is 0 Å². The van der Waals surface area contributed by atoms with Gasteiger partial charge in [-0.2, -0.15) is 0 Å². The van der Waals surface area contributed by atoms with E-state index in [1.165, 1.54) is 61.9 Å². The molecule has 0 aromatic heterocycles. The van der Waals surface area contributed by atoms with Gasteiger partial charge in [-0.3, -0.25) is 0 Å². The van der Waals surface area contributed by atoms with Crippen molar-refractivity contribution in [2.24, 2.45) is 0 Å². The molecule has 0 aliphatic heterocycles. The van der Waals surface area contributed by atoms with Crippen LogP contribution >= 0.6 is 77.5 Å². The van der Waals surface area contributed by atoms with E-state index >= 15 is 0 Å². The zero-order valence-electron chi connectivity index (χ0n) is 66.4. The van der Waals surface area contributed by atoms with Crippen LogP contribution < -0.4 is 18.9 Å². The Labute approximate surface area is 709 Å². The normalized spacial score (nSPS) is 12.4. The molecule has 624 valence electrons. The van der Waals surface area contributed by atoms with Gasteiger partial charge in [0, 0.05) is 0 Å². The van der Waals surface area contributed by atoms with E-state index in [-0.39, 0.29) is 48.3 Å². The van der Waals surface area contributed by atoms with E-state index in [9.17, 15) is 19.2 Å². The Balaban J connectivity index is 1.42. The van der Waals surface area contributed by atoms with Gasteiger partial charge in [0.1, 0.15) is 0 Å². The van der Waals surface area contributed by atoms with Gasteiger partial charge in [0.2, 0.25) is 0 Å². The maximum absolute atomic E-state index is 13.1. The molecule has 0 saturated carbocycles. The third-order valence-corrected chi connectivity index (χ3v) is 38.7. The summed E-state index contributed by atoms with van der Waals surface area (Å²) in [5, 5.41) is 0. The van der Waals surface area contributed by atoms with Crippen LogP contribution in [0.5, 0.6) is 23.0 Å². The number of ether oxygens (including phenoxy) is 8. The van der Waals surface area contributed by atoms with Crippen LogP contribution in [0.25, 0.3) is 0 Å². The first kappa shape index (κ1) is 100.